The van der Waals surface area contributed by atoms with Crippen molar-refractivity contribution in [2.75, 3.05) is 16.2 Å². The number of hydrogen-bond acceptors (Lipinski definition) is 5. The fraction of sp³-hybridized carbons (Fsp3) is 0.125. The van der Waals surface area contributed by atoms with Crippen molar-refractivity contribution in [3.05, 3.63) is 54.3 Å². The Bertz CT molecular complexity index is 916. The summed E-state index contributed by atoms with van der Waals surface area (Å²) in [7, 11) is -4.18. The molecule has 2 amide bonds. The lowest BCUT2D eigenvalue weighted by atomic mass is 10.3. The van der Waals surface area contributed by atoms with Crippen molar-refractivity contribution in [1.82, 2.24) is 5.43 Å². The lowest BCUT2D eigenvalue weighted by Crippen LogP contribution is -2.43. The first-order chi connectivity index (χ1) is 12.2. The van der Waals surface area contributed by atoms with E-state index in [1.807, 2.05) is 5.43 Å². The van der Waals surface area contributed by atoms with Crippen LogP contribution in [0, 0.1) is 5.82 Å². The lowest BCUT2D eigenvalue weighted by Gasteiger charge is -2.23. The first-order valence-corrected chi connectivity index (χ1v) is 8.83. The summed E-state index contributed by atoms with van der Waals surface area (Å²) in [6.07, 6.45) is 0. The SMILES string of the molecule is CC(=O)Nc1ccc(S(=O)(=O)N(CC(=O)NN)c2cccc(F)c2)cc1. The number of amides is 2. The van der Waals surface area contributed by atoms with Gasteiger partial charge in [0.05, 0.1) is 10.6 Å². The predicted octanol–water partition coefficient (Wildman–Crippen LogP) is 0.969. The van der Waals surface area contributed by atoms with E-state index in [-0.39, 0.29) is 16.5 Å². The van der Waals surface area contributed by atoms with Crippen LogP contribution in [0.25, 0.3) is 0 Å². The molecule has 0 atom stereocenters. The maximum Gasteiger partial charge on any atom is 0.264 e. The van der Waals surface area contributed by atoms with Gasteiger partial charge in [0.1, 0.15) is 12.4 Å². The maximum absolute atomic E-state index is 13.5. The van der Waals surface area contributed by atoms with Gasteiger partial charge in [-0.15, -0.1) is 0 Å². The predicted molar refractivity (Wildman–Crippen MR) is 94.0 cm³/mol. The normalized spacial score (nSPS) is 10.9. The van der Waals surface area contributed by atoms with Crippen molar-refractivity contribution in [2.45, 2.75) is 11.8 Å². The summed E-state index contributed by atoms with van der Waals surface area (Å²) in [5.41, 5.74) is 2.23. The molecule has 0 saturated heterocycles. The molecule has 0 aliphatic heterocycles. The Morgan fingerprint density at radius 1 is 1.15 bits per heavy atom. The monoisotopic (exact) mass is 380 g/mol. The second-order valence-electron chi connectivity index (χ2n) is 5.26. The van der Waals surface area contributed by atoms with Gasteiger partial charge in [0.2, 0.25) is 5.91 Å². The zero-order valence-corrected chi connectivity index (χ0v) is 14.6. The summed E-state index contributed by atoms with van der Waals surface area (Å²) in [6, 6.07) is 10.2. The standard InChI is InChI=1S/C16H17FN4O4S/c1-11(22)19-13-5-7-15(8-6-13)26(24,25)21(10-16(23)20-18)14-4-2-3-12(17)9-14/h2-9H,10,18H2,1H3,(H,19,22)(H,20,23). The molecule has 2 aromatic rings. The number of carbonyl (C=O) groups excluding carboxylic acids is 2. The topological polar surface area (TPSA) is 122 Å². The highest BCUT2D eigenvalue weighted by Gasteiger charge is 2.27. The number of nitrogens with one attached hydrogen (secondary N) is 2. The van der Waals surface area contributed by atoms with Crippen LogP contribution >= 0.6 is 0 Å². The largest absolute Gasteiger partial charge is 0.326 e. The third-order valence-corrected chi connectivity index (χ3v) is 5.10. The maximum atomic E-state index is 13.5. The molecule has 4 N–H and O–H groups in total. The van der Waals surface area contributed by atoms with Gasteiger partial charge in [0.15, 0.2) is 0 Å². The Labute approximate surface area is 149 Å². The fourth-order valence-corrected chi connectivity index (χ4v) is 3.58. The van der Waals surface area contributed by atoms with E-state index < -0.39 is 28.3 Å². The molecule has 0 aliphatic rings. The highest BCUT2D eigenvalue weighted by Crippen LogP contribution is 2.25. The first kappa shape index (κ1) is 19.3. The van der Waals surface area contributed by atoms with Gasteiger partial charge in [0, 0.05) is 12.6 Å². The summed E-state index contributed by atoms with van der Waals surface area (Å²) in [4.78, 5) is 22.6. The molecule has 138 valence electrons. The van der Waals surface area contributed by atoms with Crippen LogP contribution in [0.1, 0.15) is 6.92 Å². The van der Waals surface area contributed by atoms with Gasteiger partial charge >= 0.3 is 0 Å². The van der Waals surface area contributed by atoms with Gasteiger partial charge in [-0.05, 0) is 42.5 Å². The Morgan fingerprint density at radius 2 is 1.81 bits per heavy atom. The minimum atomic E-state index is -4.18. The van der Waals surface area contributed by atoms with Crippen molar-refractivity contribution >= 4 is 33.2 Å². The number of hydrazine groups is 1. The van der Waals surface area contributed by atoms with Crippen molar-refractivity contribution < 1.29 is 22.4 Å². The number of halogens is 1. The summed E-state index contributed by atoms with van der Waals surface area (Å²) in [5.74, 6) is 3.31. The highest BCUT2D eigenvalue weighted by molar-refractivity contribution is 7.92. The Morgan fingerprint density at radius 3 is 2.35 bits per heavy atom. The van der Waals surface area contributed by atoms with E-state index in [2.05, 4.69) is 5.32 Å². The third-order valence-electron chi connectivity index (χ3n) is 3.31. The first-order valence-electron chi connectivity index (χ1n) is 7.39. The van der Waals surface area contributed by atoms with Gasteiger partial charge in [-0.2, -0.15) is 0 Å². The highest BCUT2D eigenvalue weighted by atomic mass is 32.2. The van der Waals surface area contributed by atoms with Crippen molar-refractivity contribution in [3.63, 3.8) is 0 Å². The second kappa shape index (κ2) is 7.93. The number of anilines is 2. The van der Waals surface area contributed by atoms with Gasteiger partial charge in [-0.1, -0.05) is 6.07 Å². The number of nitrogens with two attached hydrogens (primary N) is 1. The van der Waals surface area contributed by atoms with Crippen LogP contribution in [0.15, 0.2) is 53.4 Å². The summed E-state index contributed by atoms with van der Waals surface area (Å²) >= 11 is 0. The molecule has 0 fully saturated rings. The summed E-state index contributed by atoms with van der Waals surface area (Å²) in [6.45, 7) is 0.692. The fourth-order valence-electron chi connectivity index (χ4n) is 2.16. The van der Waals surface area contributed by atoms with Gasteiger partial charge < -0.3 is 5.32 Å². The molecule has 8 nitrogen and oxygen atoms in total. The number of benzene rings is 2. The van der Waals surface area contributed by atoms with Crippen molar-refractivity contribution in [3.8, 4) is 0 Å². The van der Waals surface area contributed by atoms with E-state index in [9.17, 15) is 22.4 Å². The molecule has 0 spiro atoms. The lowest BCUT2D eigenvalue weighted by molar-refractivity contribution is -0.119. The molecule has 0 aliphatic carbocycles. The zero-order chi connectivity index (χ0) is 19.3. The Kier molecular flexibility index (Phi) is 5.90. The third kappa shape index (κ3) is 4.55. The molecular formula is C16H17FN4O4S. The molecule has 0 saturated carbocycles. The zero-order valence-electron chi connectivity index (χ0n) is 13.8. The van der Waals surface area contributed by atoms with Crippen molar-refractivity contribution in [1.29, 1.82) is 0 Å². The number of hydrogen-bond donors (Lipinski definition) is 3. The molecule has 2 aromatic carbocycles. The van der Waals surface area contributed by atoms with Crippen LogP contribution in [0.3, 0.4) is 0 Å². The molecule has 0 unspecified atom stereocenters. The van der Waals surface area contributed by atoms with Crippen molar-refractivity contribution in [2.24, 2.45) is 5.84 Å². The van der Waals surface area contributed by atoms with Gasteiger partial charge in [-0.25, -0.2) is 18.7 Å². The molecular weight excluding hydrogens is 363 g/mol. The Hall–Kier alpha value is -2.98. The van der Waals surface area contributed by atoms with Crippen LogP contribution in [-0.4, -0.2) is 26.8 Å². The molecule has 26 heavy (non-hydrogen) atoms. The minimum absolute atomic E-state index is 0.0282. The average Bonchev–Trinajstić information content (AvgIpc) is 2.59. The number of carbonyl (C=O) groups is 2. The number of rotatable bonds is 6. The van der Waals surface area contributed by atoms with Crippen LogP contribution in [0.5, 0.6) is 0 Å². The summed E-state index contributed by atoms with van der Waals surface area (Å²) in [5, 5.41) is 2.52. The molecule has 10 heteroatoms. The summed E-state index contributed by atoms with van der Waals surface area (Å²) < 4.78 is 40.1. The number of sulfonamides is 1. The molecule has 0 bridgehead atoms. The van der Waals surface area contributed by atoms with Crippen LogP contribution in [-0.2, 0) is 19.6 Å². The minimum Gasteiger partial charge on any atom is -0.326 e. The molecule has 0 heterocycles. The molecule has 0 radical (unpaired) electrons. The second-order valence-corrected chi connectivity index (χ2v) is 7.13. The smallest absolute Gasteiger partial charge is 0.264 e. The van der Waals surface area contributed by atoms with E-state index in [0.717, 1.165) is 16.4 Å². The van der Waals surface area contributed by atoms with E-state index >= 15 is 0 Å². The van der Waals surface area contributed by atoms with E-state index in [1.54, 1.807) is 0 Å². The van der Waals surface area contributed by atoms with E-state index in [0.29, 0.717) is 5.69 Å². The van der Waals surface area contributed by atoms with Crippen LogP contribution < -0.4 is 20.9 Å². The van der Waals surface area contributed by atoms with Crippen LogP contribution in [0.4, 0.5) is 15.8 Å². The Balaban J connectivity index is 2.44. The molecule has 2 rings (SSSR count). The van der Waals surface area contributed by atoms with E-state index in [1.165, 1.54) is 43.3 Å². The van der Waals surface area contributed by atoms with E-state index in [4.69, 9.17) is 5.84 Å². The average molecular weight is 380 g/mol. The number of nitrogens with zero attached hydrogens (tertiary/aromatic N) is 1. The molecule has 0 aromatic heterocycles. The van der Waals surface area contributed by atoms with Gasteiger partial charge in [0.25, 0.3) is 15.9 Å². The quantitative estimate of drug-likeness (QED) is 0.392. The van der Waals surface area contributed by atoms with Gasteiger partial charge in [-0.3, -0.25) is 19.3 Å². The van der Waals surface area contributed by atoms with Crippen LogP contribution in [0.2, 0.25) is 0 Å².